The van der Waals surface area contributed by atoms with Crippen molar-refractivity contribution in [3.05, 3.63) is 56.8 Å². The normalized spacial score (nSPS) is 12.7. The number of aliphatic hydroxyl groups is 1. The van der Waals surface area contributed by atoms with Crippen molar-refractivity contribution in [2.75, 3.05) is 0 Å². The maximum atomic E-state index is 13.8. The lowest BCUT2D eigenvalue weighted by Crippen LogP contribution is -2.03. The van der Waals surface area contributed by atoms with Gasteiger partial charge in [0.2, 0.25) is 0 Å². The first-order valence-electron chi connectivity index (χ1n) is 5.75. The first kappa shape index (κ1) is 13.2. The zero-order valence-corrected chi connectivity index (χ0v) is 11.0. The van der Waals surface area contributed by atoms with Gasteiger partial charge in [-0.1, -0.05) is 19.1 Å². The minimum absolute atomic E-state index is 0.0115. The second-order valence-corrected chi connectivity index (χ2v) is 5.36. The van der Waals surface area contributed by atoms with Crippen molar-refractivity contribution in [2.24, 2.45) is 0 Å². The smallest absolute Gasteiger partial charge is 0.165 e. The lowest BCUT2D eigenvalue weighted by atomic mass is 10.0. The molecule has 1 unspecified atom stereocenters. The fourth-order valence-corrected chi connectivity index (χ4v) is 2.71. The predicted molar refractivity (Wildman–Crippen MR) is 68.9 cm³/mol. The van der Waals surface area contributed by atoms with Crippen LogP contribution in [0.25, 0.3) is 0 Å². The van der Waals surface area contributed by atoms with Crippen molar-refractivity contribution in [2.45, 2.75) is 26.4 Å². The Bertz CT molecular complexity index is 563. The molecule has 0 aliphatic heterocycles. The quantitative estimate of drug-likeness (QED) is 0.892. The number of aliphatic hydroxyl groups excluding tert-OH is 1. The lowest BCUT2D eigenvalue weighted by molar-refractivity contribution is 0.217. The molecule has 2 aromatic rings. The lowest BCUT2D eigenvalue weighted by Gasteiger charge is -2.11. The van der Waals surface area contributed by atoms with Crippen molar-refractivity contribution >= 4 is 11.3 Å². The summed E-state index contributed by atoms with van der Waals surface area (Å²) < 4.78 is 27.2. The summed E-state index contributed by atoms with van der Waals surface area (Å²) in [6, 6.07) is 6.56. The average molecular weight is 268 g/mol. The Kier molecular flexibility index (Phi) is 3.78. The van der Waals surface area contributed by atoms with Crippen molar-refractivity contribution in [3.8, 4) is 0 Å². The second-order valence-electron chi connectivity index (χ2n) is 4.16. The van der Waals surface area contributed by atoms with Crippen LogP contribution >= 0.6 is 11.3 Å². The van der Waals surface area contributed by atoms with Crippen LogP contribution in [0.1, 0.15) is 33.9 Å². The molecular formula is C14H14F2OS. The fraction of sp³-hybridized carbons (Fsp3) is 0.286. The number of aryl methyl sites for hydroxylation is 2. The molecule has 1 nitrogen and oxygen atoms in total. The van der Waals surface area contributed by atoms with Crippen molar-refractivity contribution < 1.29 is 13.9 Å². The highest BCUT2D eigenvalue weighted by molar-refractivity contribution is 7.12. The Hall–Kier alpha value is -1.26. The molecule has 4 heteroatoms. The van der Waals surface area contributed by atoms with E-state index in [-0.39, 0.29) is 11.1 Å². The van der Waals surface area contributed by atoms with Gasteiger partial charge in [-0.25, -0.2) is 8.78 Å². The van der Waals surface area contributed by atoms with Gasteiger partial charge < -0.3 is 5.11 Å². The largest absolute Gasteiger partial charge is 0.383 e. The van der Waals surface area contributed by atoms with Gasteiger partial charge in [0.1, 0.15) is 6.10 Å². The van der Waals surface area contributed by atoms with Gasteiger partial charge in [-0.3, -0.25) is 0 Å². The molecule has 2 rings (SSSR count). The Labute approximate surface area is 109 Å². The van der Waals surface area contributed by atoms with Crippen LogP contribution in [0.15, 0.2) is 24.3 Å². The molecule has 0 fully saturated rings. The van der Waals surface area contributed by atoms with Gasteiger partial charge in [0.25, 0.3) is 0 Å². The van der Waals surface area contributed by atoms with Crippen LogP contribution in [0.2, 0.25) is 0 Å². The molecule has 1 aromatic carbocycles. The van der Waals surface area contributed by atoms with E-state index in [0.717, 1.165) is 11.3 Å². The van der Waals surface area contributed by atoms with Crippen LogP contribution in [0, 0.1) is 18.6 Å². The molecule has 1 N–H and O–H groups in total. The van der Waals surface area contributed by atoms with E-state index in [0.29, 0.717) is 4.88 Å². The minimum atomic E-state index is -1.11. The van der Waals surface area contributed by atoms with Gasteiger partial charge in [-0.2, -0.15) is 0 Å². The fourth-order valence-electron chi connectivity index (χ4n) is 1.76. The summed E-state index contributed by atoms with van der Waals surface area (Å²) in [5.41, 5.74) is 0.228. The first-order valence-corrected chi connectivity index (χ1v) is 6.57. The maximum absolute atomic E-state index is 13.8. The van der Waals surface area contributed by atoms with Crippen molar-refractivity contribution in [3.63, 3.8) is 0 Å². The summed E-state index contributed by atoms with van der Waals surface area (Å²) in [5, 5.41) is 10.1. The zero-order chi connectivity index (χ0) is 13.3. The zero-order valence-electron chi connectivity index (χ0n) is 10.2. The third-order valence-electron chi connectivity index (χ3n) is 2.90. The average Bonchev–Trinajstić information content (AvgIpc) is 2.84. The molecule has 0 saturated heterocycles. The van der Waals surface area contributed by atoms with Crippen LogP contribution in [0.3, 0.4) is 0 Å². The molecule has 0 radical (unpaired) electrons. The molecule has 0 saturated carbocycles. The van der Waals surface area contributed by atoms with Crippen LogP contribution in [0.4, 0.5) is 8.78 Å². The van der Waals surface area contributed by atoms with E-state index in [1.807, 2.05) is 13.0 Å². The SMILES string of the molecule is CCc1ccc(C(O)c2ccc(C)c(F)c2F)s1. The van der Waals surface area contributed by atoms with E-state index in [2.05, 4.69) is 0 Å². The summed E-state index contributed by atoms with van der Waals surface area (Å²) in [6.45, 7) is 3.50. The summed E-state index contributed by atoms with van der Waals surface area (Å²) >= 11 is 1.42. The minimum Gasteiger partial charge on any atom is -0.383 e. The van der Waals surface area contributed by atoms with E-state index < -0.39 is 17.7 Å². The molecule has 1 atom stereocenters. The molecule has 0 amide bonds. The number of thiophene rings is 1. The molecule has 18 heavy (non-hydrogen) atoms. The molecule has 0 aliphatic carbocycles. The topological polar surface area (TPSA) is 20.2 Å². The molecular weight excluding hydrogens is 254 g/mol. The number of hydrogen-bond donors (Lipinski definition) is 1. The number of halogens is 2. The highest BCUT2D eigenvalue weighted by atomic mass is 32.1. The molecule has 0 bridgehead atoms. The molecule has 0 aliphatic rings. The molecule has 0 spiro atoms. The Morgan fingerprint density at radius 2 is 1.89 bits per heavy atom. The predicted octanol–water partition coefficient (Wildman–Crippen LogP) is 3.98. The van der Waals surface area contributed by atoms with Crippen LogP contribution in [-0.4, -0.2) is 5.11 Å². The van der Waals surface area contributed by atoms with Gasteiger partial charge in [-0.05, 0) is 31.0 Å². The van der Waals surface area contributed by atoms with Crippen LogP contribution < -0.4 is 0 Å². The summed E-state index contributed by atoms with van der Waals surface area (Å²) in [6.07, 6.45) is -0.243. The molecule has 96 valence electrons. The number of rotatable bonds is 3. The number of benzene rings is 1. The monoisotopic (exact) mass is 268 g/mol. The van der Waals surface area contributed by atoms with Gasteiger partial charge >= 0.3 is 0 Å². The molecule has 1 aromatic heterocycles. The van der Waals surface area contributed by atoms with Gasteiger partial charge in [0.05, 0.1) is 0 Å². The third kappa shape index (κ3) is 2.31. The van der Waals surface area contributed by atoms with Crippen molar-refractivity contribution in [1.29, 1.82) is 0 Å². The van der Waals surface area contributed by atoms with Crippen LogP contribution in [-0.2, 0) is 6.42 Å². The van der Waals surface area contributed by atoms with E-state index >= 15 is 0 Å². The maximum Gasteiger partial charge on any atom is 0.165 e. The van der Waals surface area contributed by atoms with E-state index in [1.165, 1.54) is 30.4 Å². The van der Waals surface area contributed by atoms with Gasteiger partial charge in [0, 0.05) is 15.3 Å². The summed E-state index contributed by atoms with van der Waals surface area (Å²) in [5.74, 6) is -1.85. The third-order valence-corrected chi connectivity index (χ3v) is 4.18. The Morgan fingerprint density at radius 3 is 2.50 bits per heavy atom. The van der Waals surface area contributed by atoms with E-state index in [4.69, 9.17) is 0 Å². The second kappa shape index (κ2) is 5.16. The summed E-state index contributed by atoms with van der Waals surface area (Å²) in [7, 11) is 0. The number of hydrogen-bond acceptors (Lipinski definition) is 2. The Morgan fingerprint density at radius 1 is 1.17 bits per heavy atom. The standard InChI is InChI=1S/C14H14F2OS/c1-3-9-5-7-11(18-9)14(17)10-6-4-8(2)12(15)13(10)16/h4-7,14,17H,3H2,1-2H3. The summed E-state index contributed by atoms with van der Waals surface area (Å²) in [4.78, 5) is 1.74. The highest BCUT2D eigenvalue weighted by Crippen LogP contribution is 2.31. The Balaban J connectivity index is 2.39. The molecule has 1 heterocycles. The highest BCUT2D eigenvalue weighted by Gasteiger charge is 2.20. The van der Waals surface area contributed by atoms with Crippen molar-refractivity contribution in [1.82, 2.24) is 0 Å². The van der Waals surface area contributed by atoms with Gasteiger partial charge in [0.15, 0.2) is 11.6 Å². The van der Waals surface area contributed by atoms with E-state index in [1.54, 1.807) is 6.07 Å². The van der Waals surface area contributed by atoms with Gasteiger partial charge in [-0.15, -0.1) is 11.3 Å². The van der Waals surface area contributed by atoms with Crippen LogP contribution in [0.5, 0.6) is 0 Å². The van der Waals surface area contributed by atoms with E-state index in [9.17, 15) is 13.9 Å². The first-order chi connectivity index (χ1) is 8.54.